The summed E-state index contributed by atoms with van der Waals surface area (Å²) in [6.07, 6.45) is -12.7. The molecule has 2 saturated heterocycles. The summed E-state index contributed by atoms with van der Waals surface area (Å²) in [6, 6.07) is 18.0. The fourth-order valence-corrected chi connectivity index (χ4v) is 5.70. The number of benzene rings is 2. The molecular weight excluding hydrogens is 684 g/mol. The fourth-order valence-electron chi connectivity index (χ4n) is 5.70. The second-order valence-corrected chi connectivity index (χ2v) is 13.7. The topological polar surface area (TPSA) is 228 Å². The van der Waals surface area contributed by atoms with Crippen LogP contribution in [0.2, 0.25) is 0 Å². The Morgan fingerprint density at radius 2 is 1.21 bits per heavy atom. The molecule has 2 aromatic rings. The Labute approximate surface area is 303 Å². The predicted molar refractivity (Wildman–Crippen MR) is 185 cm³/mol. The lowest BCUT2D eigenvalue weighted by Gasteiger charge is -2.40. The van der Waals surface area contributed by atoms with Gasteiger partial charge in [0.2, 0.25) is 0 Å². The first-order chi connectivity index (χ1) is 24.6. The maximum atomic E-state index is 12.5. The van der Waals surface area contributed by atoms with E-state index in [2.05, 4.69) is 0 Å². The number of aliphatic hydroxyl groups excluding tert-OH is 6. The highest BCUT2D eigenvalue weighted by Crippen LogP contribution is 2.30. The molecule has 7 N–H and O–H groups in total. The minimum absolute atomic E-state index is 0.128. The summed E-state index contributed by atoms with van der Waals surface area (Å²) < 4.78 is 28.4. The Morgan fingerprint density at radius 3 is 1.60 bits per heavy atom. The lowest BCUT2D eigenvalue weighted by Crippen LogP contribution is -2.56. The minimum Gasteiger partial charge on any atom is -0.483 e. The van der Waals surface area contributed by atoms with Crippen LogP contribution in [0.15, 0.2) is 60.7 Å². The zero-order valence-corrected chi connectivity index (χ0v) is 30.0. The lowest BCUT2D eigenvalue weighted by molar-refractivity contribution is -0.285. The molecule has 2 aromatic carbocycles. The normalized spacial score (nSPS) is 25.9. The Balaban J connectivity index is 0.00000235. The highest BCUT2D eigenvalue weighted by Gasteiger charge is 2.42. The number of hydrogen-bond acceptors (Lipinski definition) is 14. The summed E-state index contributed by atoms with van der Waals surface area (Å²) in [4.78, 5) is 23.9. The lowest BCUT2D eigenvalue weighted by atomic mass is 9.99. The maximum Gasteiger partial charge on any atom is 0.410 e. The number of amides is 1. The van der Waals surface area contributed by atoms with Crippen LogP contribution in [0, 0.1) is 0 Å². The largest absolute Gasteiger partial charge is 0.483 e. The van der Waals surface area contributed by atoms with Gasteiger partial charge in [0.05, 0.1) is 25.4 Å². The summed E-state index contributed by atoms with van der Waals surface area (Å²) in [5.41, 5.74) is 0.687. The Hall–Kier alpha value is -3.26. The van der Waals surface area contributed by atoms with Crippen molar-refractivity contribution in [3.05, 3.63) is 71.8 Å². The van der Waals surface area contributed by atoms with E-state index >= 15 is 0 Å². The maximum absolute atomic E-state index is 12.5. The molecule has 0 radical (unpaired) electrons. The number of nitrogens with zero attached hydrogens (tertiary/aromatic N) is 2. The van der Waals surface area contributed by atoms with Gasteiger partial charge in [-0.1, -0.05) is 60.7 Å². The number of carboxylic acid groups (broad SMARTS) is 1. The van der Waals surface area contributed by atoms with E-state index in [-0.39, 0.29) is 45.9 Å². The van der Waals surface area contributed by atoms with Gasteiger partial charge < -0.3 is 64.3 Å². The molecular formula is C36H54N2O14. The van der Waals surface area contributed by atoms with Gasteiger partial charge in [0.15, 0.2) is 12.6 Å². The van der Waals surface area contributed by atoms with Gasteiger partial charge in [0.25, 0.3) is 6.47 Å². The average Bonchev–Trinajstić information content (AvgIpc) is 3.11. The molecule has 0 spiro atoms. The SMILES string of the molecule is CN(CCCN(C[C@H](O)[C@@H](O)[C@@H]1OC(c2ccccc2)OC[C@H]1O)C[C@H](O)[C@@H](O)[C@@H]1OC(c2ccccc2)OC[C@H]1O)C(=O)OC(C)(C)C.O=CO. The highest BCUT2D eigenvalue weighted by atomic mass is 16.7. The molecule has 0 aliphatic carbocycles. The van der Waals surface area contributed by atoms with E-state index in [0.29, 0.717) is 17.5 Å². The first-order valence-corrected chi connectivity index (χ1v) is 17.1. The number of carbonyl (C=O) groups is 2. The number of ether oxygens (including phenoxy) is 5. The van der Waals surface area contributed by atoms with Crippen molar-refractivity contribution in [2.45, 2.75) is 94.2 Å². The van der Waals surface area contributed by atoms with Crippen LogP contribution < -0.4 is 0 Å². The standard InChI is InChI=1S/C35H52N2O12.CH2O2/c1-35(2,3)49-34(44)36(4)16-11-17-37(18-24(38)28(42)30-26(40)20-45-32(47-30)22-12-7-5-8-13-22)19-25(39)29(43)31-27(41)21-46-33(48-31)23-14-9-6-10-15-23;2-1-3/h5-10,12-15,24-33,38-43H,11,16-21H2,1-4H3;1H,(H,2,3)/t24-,25-,26+,27+,28+,29+,30+,31+,32?,33?;/m0./s1. The smallest absolute Gasteiger partial charge is 0.410 e. The molecule has 16 heteroatoms. The Kier molecular flexibility index (Phi) is 17.3. The monoisotopic (exact) mass is 738 g/mol. The van der Waals surface area contributed by atoms with Crippen LogP contribution in [-0.4, -0.2) is 159 Å². The van der Waals surface area contributed by atoms with Gasteiger partial charge in [-0.25, -0.2) is 4.79 Å². The second kappa shape index (κ2) is 20.8. The highest BCUT2D eigenvalue weighted by molar-refractivity contribution is 5.67. The third kappa shape index (κ3) is 13.3. The van der Waals surface area contributed by atoms with E-state index in [1.807, 2.05) is 12.1 Å². The zero-order valence-electron chi connectivity index (χ0n) is 30.0. The molecule has 2 unspecified atom stereocenters. The van der Waals surface area contributed by atoms with Crippen LogP contribution >= 0.6 is 0 Å². The Morgan fingerprint density at radius 1 is 0.808 bits per heavy atom. The predicted octanol–water partition coefficient (Wildman–Crippen LogP) is 0.640. The molecule has 16 nitrogen and oxygen atoms in total. The second-order valence-electron chi connectivity index (χ2n) is 13.7. The first-order valence-electron chi connectivity index (χ1n) is 17.1. The molecule has 1 amide bonds. The van der Waals surface area contributed by atoms with Gasteiger partial charge >= 0.3 is 6.09 Å². The molecule has 52 heavy (non-hydrogen) atoms. The molecule has 2 aliphatic rings. The van der Waals surface area contributed by atoms with Crippen molar-refractivity contribution in [1.29, 1.82) is 0 Å². The number of aliphatic hydroxyl groups is 6. The van der Waals surface area contributed by atoms with Crippen LogP contribution in [0.25, 0.3) is 0 Å². The van der Waals surface area contributed by atoms with Crippen molar-refractivity contribution in [1.82, 2.24) is 9.80 Å². The first kappa shape index (κ1) is 43.1. The molecule has 10 atom stereocenters. The molecule has 2 fully saturated rings. The summed E-state index contributed by atoms with van der Waals surface area (Å²) in [5, 5.41) is 72.9. The minimum atomic E-state index is -1.55. The van der Waals surface area contributed by atoms with Gasteiger partial charge in [-0.2, -0.15) is 0 Å². The van der Waals surface area contributed by atoms with Crippen LogP contribution in [0.1, 0.15) is 50.9 Å². The summed E-state index contributed by atoms with van der Waals surface area (Å²) in [6.45, 7) is 4.88. The van der Waals surface area contributed by atoms with Crippen molar-refractivity contribution in [3.63, 3.8) is 0 Å². The van der Waals surface area contributed by atoms with E-state index in [9.17, 15) is 35.4 Å². The fraction of sp³-hybridized carbons (Fsp3) is 0.611. The molecule has 2 heterocycles. The number of rotatable bonds is 14. The van der Waals surface area contributed by atoms with Crippen molar-refractivity contribution >= 4 is 12.6 Å². The van der Waals surface area contributed by atoms with Crippen LogP contribution in [0.4, 0.5) is 4.79 Å². The van der Waals surface area contributed by atoms with Gasteiger partial charge in [-0.05, 0) is 27.2 Å². The summed E-state index contributed by atoms with van der Waals surface area (Å²) in [5.74, 6) is 0. The molecule has 292 valence electrons. The van der Waals surface area contributed by atoms with Crippen molar-refractivity contribution in [2.75, 3.05) is 46.4 Å². The van der Waals surface area contributed by atoms with E-state index in [0.717, 1.165) is 0 Å². The molecule has 0 aromatic heterocycles. The Bertz CT molecular complexity index is 1240. The average molecular weight is 739 g/mol. The van der Waals surface area contributed by atoms with Crippen LogP contribution in [0.5, 0.6) is 0 Å². The van der Waals surface area contributed by atoms with Crippen molar-refractivity contribution < 1.29 is 69.0 Å². The summed E-state index contributed by atoms with van der Waals surface area (Å²) in [7, 11) is 1.59. The van der Waals surface area contributed by atoms with E-state index in [4.69, 9.17) is 33.6 Å². The molecule has 4 rings (SSSR count). The van der Waals surface area contributed by atoms with Crippen LogP contribution in [-0.2, 0) is 28.5 Å². The zero-order chi connectivity index (χ0) is 38.4. The van der Waals surface area contributed by atoms with Gasteiger partial charge in [-0.3, -0.25) is 9.69 Å². The molecule has 0 saturated carbocycles. The number of carbonyl (C=O) groups excluding carboxylic acids is 1. The van der Waals surface area contributed by atoms with E-state index < -0.39 is 73.1 Å². The van der Waals surface area contributed by atoms with Crippen LogP contribution in [0.3, 0.4) is 0 Å². The third-order valence-corrected chi connectivity index (χ3v) is 8.33. The molecule has 0 bridgehead atoms. The van der Waals surface area contributed by atoms with Gasteiger partial charge in [0.1, 0.15) is 42.2 Å². The van der Waals surface area contributed by atoms with Crippen molar-refractivity contribution in [2.24, 2.45) is 0 Å². The van der Waals surface area contributed by atoms with Gasteiger partial charge in [-0.15, -0.1) is 0 Å². The third-order valence-electron chi connectivity index (χ3n) is 8.33. The van der Waals surface area contributed by atoms with E-state index in [1.54, 1.807) is 81.2 Å². The van der Waals surface area contributed by atoms with E-state index in [1.165, 1.54) is 4.90 Å². The van der Waals surface area contributed by atoms with Gasteiger partial charge in [0, 0.05) is 44.4 Å². The number of hydrogen-bond donors (Lipinski definition) is 7. The molecule has 2 aliphatic heterocycles. The quantitative estimate of drug-likeness (QED) is 0.132. The summed E-state index contributed by atoms with van der Waals surface area (Å²) >= 11 is 0. The van der Waals surface area contributed by atoms with Crippen molar-refractivity contribution in [3.8, 4) is 0 Å².